The summed E-state index contributed by atoms with van der Waals surface area (Å²) in [6.45, 7) is 6.42. The van der Waals surface area contributed by atoms with Crippen LogP contribution in [0.5, 0.6) is 0 Å². The van der Waals surface area contributed by atoms with Gasteiger partial charge in [-0.2, -0.15) is 0 Å². The van der Waals surface area contributed by atoms with Gasteiger partial charge in [-0.1, -0.05) is 6.07 Å². The molecule has 0 unspecified atom stereocenters. The molecule has 7 heteroatoms. The number of ether oxygens (including phenoxy) is 2. The third-order valence-electron chi connectivity index (χ3n) is 8.02. The summed E-state index contributed by atoms with van der Waals surface area (Å²) >= 11 is 0. The molecule has 5 aliphatic rings. The molecule has 35 heavy (non-hydrogen) atoms. The minimum absolute atomic E-state index is 0.0242. The van der Waals surface area contributed by atoms with Crippen LogP contribution in [-0.2, 0) is 20.8 Å². The highest BCUT2D eigenvalue weighted by Gasteiger charge is 2.37. The normalized spacial score (nSPS) is 27.7. The highest BCUT2D eigenvalue weighted by molar-refractivity contribution is 6.00. The molecule has 1 N–H and O–H groups in total. The quantitative estimate of drug-likeness (QED) is 0.668. The molecule has 186 valence electrons. The molecule has 1 aromatic heterocycles. The van der Waals surface area contributed by atoms with E-state index in [0.29, 0.717) is 18.7 Å². The molecule has 0 spiro atoms. The summed E-state index contributed by atoms with van der Waals surface area (Å²) < 4.78 is 12.0. The average molecular weight is 477 g/mol. The first-order valence-electron chi connectivity index (χ1n) is 13.2. The topological polar surface area (TPSA) is 66.9 Å². The Hall–Kier alpha value is -2.64. The lowest BCUT2D eigenvalue weighted by atomic mass is 9.86. The smallest absolute Gasteiger partial charge is 0.230 e. The Balaban J connectivity index is 1.30. The lowest BCUT2D eigenvalue weighted by Gasteiger charge is -2.46. The van der Waals surface area contributed by atoms with Crippen molar-refractivity contribution in [1.29, 1.82) is 0 Å². The number of pyridine rings is 1. The highest BCUT2D eigenvalue weighted by Crippen LogP contribution is 2.41. The van der Waals surface area contributed by atoms with E-state index in [9.17, 15) is 4.79 Å². The van der Waals surface area contributed by atoms with Gasteiger partial charge in [0.15, 0.2) is 0 Å². The van der Waals surface area contributed by atoms with E-state index in [1.165, 1.54) is 12.1 Å². The van der Waals surface area contributed by atoms with Crippen molar-refractivity contribution in [2.75, 3.05) is 28.3 Å². The number of hydrogen-bond donors (Lipinski definition) is 1. The van der Waals surface area contributed by atoms with E-state index in [4.69, 9.17) is 9.47 Å². The zero-order valence-corrected chi connectivity index (χ0v) is 20.8. The summed E-state index contributed by atoms with van der Waals surface area (Å²) in [5, 5.41) is 3.52. The van der Waals surface area contributed by atoms with Gasteiger partial charge >= 0.3 is 0 Å². The van der Waals surface area contributed by atoms with Gasteiger partial charge in [-0.3, -0.25) is 4.79 Å². The number of aromatic nitrogens is 1. The number of carbonyl (C=O) groups excluding carboxylic acids is 1. The molecule has 5 heterocycles. The number of benzene rings is 1. The predicted molar refractivity (Wildman–Crippen MR) is 137 cm³/mol. The van der Waals surface area contributed by atoms with Gasteiger partial charge in [0, 0.05) is 29.9 Å². The SMILES string of the molecule is CC(C)O[C@H]1CC[C@H](C(=O)N2Cc3cccnc3Nc3ccc(N4C[C@@H]5CC[C@H]4CO5)cc32)CC1. The molecular weight excluding hydrogens is 440 g/mol. The fraction of sp³-hybridized carbons (Fsp3) is 0.571. The summed E-state index contributed by atoms with van der Waals surface area (Å²) in [5.41, 5.74) is 4.11. The number of anilines is 4. The van der Waals surface area contributed by atoms with Crippen LogP contribution in [-0.4, -0.2) is 48.4 Å². The second-order valence-corrected chi connectivity index (χ2v) is 10.8. The number of rotatable bonds is 4. The molecule has 7 rings (SSSR count). The fourth-order valence-electron chi connectivity index (χ4n) is 6.20. The lowest BCUT2D eigenvalue weighted by Crippen LogP contribution is -2.54. The Labute approximate surface area is 207 Å². The van der Waals surface area contributed by atoms with Gasteiger partial charge in [-0.15, -0.1) is 0 Å². The first-order chi connectivity index (χ1) is 17.0. The van der Waals surface area contributed by atoms with Crippen molar-refractivity contribution in [1.82, 2.24) is 4.98 Å². The van der Waals surface area contributed by atoms with Crippen LogP contribution in [0.25, 0.3) is 0 Å². The minimum Gasteiger partial charge on any atom is -0.376 e. The van der Waals surface area contributed by atoms with E-state index < -0.39 is 0 Å². The Morgan fingerprint density at radius 1 is 1.14 bits per heavy atom. The highest BCUT2D eigenvalue weighted by atomic mass is 16.5. The summed E-state index contributed by atoms with van der Waals surface area (Å²) in [5.74, 6) is 1.07. The van der Waals surface area contributed by atoms with E-state index in [1.807, 2.05) is 11.0 Å². The Morgan fingerprint density at radius 3 is 2.71 bits per heavy atom. The van der Waals surface area contributed by atoms with Gasteiger partial charge in [-0.25, -0.2) is 4.98 Å². The number of nitrogens with zero attached hydrogens (tertiary/aromatic N) is 3. The monoisotopic (exact) mass is 476 g/mol. The second kappa shape index (κ2) is 9.43. The second-order valence-electron chi connectivity index (χ2n) is 10.8. The van der Waals surface area contributed by atoms with Crippen molar-refractivity contribution in [3.05, 3.63) is 42.1 Å². The molecule has 1 aliphatic carbocycles. The Bertz CT molecular complexity index is 1070. The van der Waals surface area contributed by atoms with Crippen LogP contribution in [0.4, 0.5) is 22.9 Å². The van der Waals surface area contributed by atoms with Crippen molar-refractivity contribution in [3.8, 4) is 0 Å². The van der Waals surface area contributed by atoms with Crippen molar-refractivity contribution < 1.29 is 14.3 Å². The van der Waals surface area contributed by atoms with Crippen LogP contribution in [0, 0.1) is 5.92 Å². The maximum absolute atomic E-state index is 14.0. The molecule has 4 aliphatic heterocycles. The molecule has 1 saturated carbocycles. The molecular formula is C28H36N4O3. The Kier molecular flexibility index (Phi) is 6.14. The van der Waals surface area contributed by atoms with Crippen LogP contribution < -0.4 is 15.1 Å². The largest absolute Gasteiger partial charge is 0.376 e. The summed E-state index contributed by atoms with van der Waals surface area (Å²) in [7, 11) is 0. The average Bonchev–Trinajstić information content (AvgIpc) is 3.05. The number of piperidine rings is 1. The third kappa shape index (κ3) is 4.52. The van der Waals surface area contributed by atoms with E-state index in [2.05, 4.69) is 53.3 Å². The van der Waals surface area contributed by atoms with Crippen LogP contribution in [0.3, 0.4) is 0 Å². The van der Waals surface area contributed by atoms with E-state index in [1.54, 1.807) is 6.20 Å². The summed E-state index contributed by atoms with van der Waals surface area (Å²) in [6.07, 6.45) is 8.57. The van der Waals surface area contributed by atoms with Crippen molar-refractivity contribution in [3.63, 3.8) is 0 Å². The van der Waals surface area contributed by atoms with Gasteiger partial charge in [-0.05, 0) is 76.6 Å². The molecule has 2 atom stereocenters. The molecule has 1 amide bonds. The number of fused-ring (bicyclic) bond motifs is 5. The van der Waals surface area contributed by atoms with Gasteiger partial charge in [0.05, 0.1) is 48.9 Å². The van der Waals surface area contributed by atoms with Gasteiger partial charge in [0.25, 0.3) is 0 Å². The number of carbonyl (C=O) groups is 1. The maximum Gasteiger partial charge on any atom is 0.230 e. The van der Waals surface area contributed by atoms with E-state index >= 15 is 0 Å². The molecule has 2 bridgehead atoms. The Morgan fingerprint density at radius 2 is 2.00 bits per heavy atom. The van der Waals surface area contributed by atoms with Crippen molar-refractivity contribution in [2.45, 2.75) is 83.3 Å². The minimum atomic E-state index is 0.0242. The molecule has 4 fully saturated rings. The lowest BCUT2D eigenvalue weighted by molar-refractivity contribution is -0.124. The number of morpholine rings is 1. The van der Waals surface area contributed by atoms with Crippen LogP contribution in [0.15, 0.2) is 36.5 Å². The van der Waals surface area contributed by atoms with Gasteiger partial charge in [0.2, 0.25) is 5.91 Å². The molecule has 0 radical (unpaired) electrons. The van der Waals surface area contributed by atoms with Crippen LogP contribution >= 0.6 is 0 Å². The van der Waals surface area contributed by atoms with Crippen LogP contribution in [0.2, 0.25) is 0 Å². The number of amides is 1. The molecule has 7 nitrogen and oxygen atoms in total. The van der Waals surface area contributed by atoms with Crippen LogP contribution in [0.1, 0.15) is 57.9 Å². The zero-order chi connectivity index (χ0) is 23.9. The van der Waals surface area contributed by atoms with Crippen molar-refractivity contribution >= 4 is 28.8 Å². The van der Waals surface area contributed by atoms with Crippen molar-refractivity contribution in [2.24, 2.45) is 5.92 Å². The predicted octanol–water partition coefficient (Wildman–Crippen LogP) is 5.02. The van der Waals surface area contributed by atoms with E-state index in [-0.39, 0.29) is 24.0 Å². The fourth-order valence-corrected chi connectivity index (χ4v) is 6.20. The molecule has 2 aromatic rings. The molecule has 1 aromatic carbocycles. The number of nitrogens with one attached hydrogen (secondary N) is 1. The summed E-state index contributed by atoms with van der Waals surface area (Å²) in [6, 6.07) is 10.9. The number of hydrogen-bond acceptors (Lipinski definition) is 6. The van der Waals surface area contributed by atoms with E-state index in [0.717, 1.165) is 68.0 Å². The van der Waals surface area contributed by atoms with Gasteiger partial charge in [0.1, 0.15) is 5.82 Å². The standard InChI is InChI=1S/C28H36N4O3/c1-18(2)35-23-9-5-19(6-10-23)28(33)32-15-20-4-3-13-29-27(20)30-25-12-8-21(14-26(25)32)31-16-24-11-7-22(31)17-34-24/h3-4,8,12-14,18-19,22-24H,5-7,9-11,15-17H2,1-2H3,(H,29,30)/t19-,22-,23-,24-/m0/s1. The third-order valence-corrected chi connectivity index (χ3v) is 8.02. The zero-order valence-electron chi connectivity index (χ0n) is 20.8. The van der Waals surface area contributed by atoms with Gasteiger partial charge < -0.3 is 24.6 Å². The summed E-state index contributed by atoms with van der Waals surface area (Å²) in [4.78, 5) is 23.1. The first-order valence-corrected chi connectivity index (χ1v) is 13.2. The first kappa shape index (κ1) is 22.8. The maximum atomic E-state index is 14.0. The molecule has 3 saturated heterocycles.